The number of carbonyl (C=O) groups excluding carboxylic acids is 1. The Kier molecular flexibility index (Phi) is 4.66. The van der Waals surface area contributed by atoms with Crippen molar-refractivity contribution < 1.29 is 4.79 Å². The minimum atomic E-state index is 0.0342. The van der Waals surface area contributed by atoms with Crippen molar-refractivity contribution in [3.05, 3.63) is 77.5 Å². The molecule has 0 aliphatic rings. The van der Waals surface area contributed by atoms with Crippen molar-refractivity contribution in [2.24, 2.45) is 0 Å². The fourth-order valence-corrected chi connectivity index (χ4v) is 2.45. The Bertz CT molecular complexity index is 860. The second-order valence-corrected chi connectivity index (χ2v) is 5.69. The average molecular weight is 317 g/mol. The van der Waals surface area contributed by atoms with Gasteiger partial charge in [0.1, 0.15) is 5.82 Å². The maximum absolute atomic E-state index is 11.6. The topological polar surface area (TPSA) is 54.9 Å². The highest BCUT2D eigenvalue weighted by atomic mass is 16.1. The van der Waals surface area contributed by atoms with Gasteiger partial charge in [-0.3, -0.25) is 4.79 Å². The van der Waals surface area contributed by atoms with Crippen molar-refractivity contribution in [2.75, 3.05) is 5.32 Å². The van der Waals surface area contributed by atoms with E-state index in [9.17, 15) is 4.79 Å². The average Bonchev–Trinajstić information content (AvgIpc) is 2.60. The molecule has 0 aliphatic carbocycles. The van der Waals surface area contributed by atoms with Gasteiger partial charge in [-0.25, -0.2) is 9.97 Å². The number of nitrogens with one attached hydrogen (secondary N) is 1. The summed E-state index contributed by atoms with van der Waals surface area (Å²) in [5, 5.41) is 3.33. The number of benzene rings is 2. The molecule has 24 heavy (non-hydrogen) atoms. The fourth-order valence-electron chi connectivity index (χ4n) is 2.45. The number of anilines is 1. The molecular formula is C20H19N3O. The summed E-state index contributed by atoms with van der Waals surface area (Å²) in [6.45, 7) is 4.20. The van der Waals surface area contributed by atoms with Crippen molar-refractivity contribution in [1.82, 2.24) is 9.97 Å². The summed E-state index contributed by atoms with van der Waals surface area (Å²) in [7, 11) is 0. The van der Waals surface area contributed by atoms with Gasteiger partial charge in [0.2, 0.25) is 0 Å². The second-order valence-electron chi connectivity index (χ2n) is 5.69. The molecule has 0 saturated carbocycles. The summed E-state index contributed by atoms with van der Waals surface area (Å²) in [5.41, 5.74) is 3.57. The van der Waals surface area contributed by atoms with E-state index in [4.69, 9.17) is 0 Å². The van der Waals surface area contributed by atoms with E-state index in [2.05, 4.69) is 27.4 Å². The maximum Gasteiger partial charge on any atom is 0.161 e. The molecule has 0 fully saturated rings. The number of rotatable bonds is 5. The molecule has 0 unspecified atom stereocenters. The van der Waals surface area contributed by atoms with Crippen LogP contribution in [0.2, 0.25) is 0 Å². The number of nitrogens with zero attached hydrogens (tertiary/aromatic N) is 2. The number of hydrogen-bond donors (Lipinski definition) is 1. The molecule has 0 atom stereocenters. The van der Waals surface area contributed by atoms with Crippen LogP contribution < -0.4 is 5.32 Å². The van der Waals surface area contributed by atoms with Crippen LogP contribution in [0.1, 0.15) is 28.5 Å². The van der Waals surface area contributed by atoms with Crippen LogP contribution in [0.5, 0.6) is 0 Å². The third-order valence-electron chi connectivity index (χ3n) is 3.70. The van der Waals surface area contributed by atoms with Crippen molar-refractivity contribution in [3.8, 4) is 11.4 Å². The molecule has 0 amide bonds. The molecule has 120 valence electrons. The van der Waals surface area contributed by atoms with Crippen LogP contribution in [-0.2, 0) is 6.54 Å². The molecule has 1 aromatic heterocycles. The lowest BCUT2D eigenvalue weighted by Gasteiger charge is -2.09. The molecule has 0 bridgehead atoms. The predicted molar refractivity (Wildman–Crippen MR) is 96.0 cm³/mol. The highest BCUT2D eigenvalue weighted by Gasteiger charge is 2.07. The van der Waals surface area contributed by atoms with Crippen LogP contribution >= 0.6 is 0 Å². The third-order valence-corrected chi connectivity index (χ3v) is 3.70. The minimum Gasteiger partial charge on any atom is -0.366 e. The number of ketones is 1. The van der Waals surface area contributed by atoms with E-state index in [0.29, 0.717) is 17.9 Å². The molecule has 2 aromatic carbocycles. The number of carbonyl (C=O) groups is 1. The summed E-state index contributed by atoms with van der Waals surface area (Å²) >= 11 is 0. The largest absolute Gasteiger partial charge is 0.366 e. The molecule has 0 saturated heterocycles. The first-order valence-corrected chi connectivity index (χ1v) is 7.87. The summed E-state index contributed by atoms with van der Waals surface area (Å²) in [4.78, 5) is 20.7. The van der Waals surface area contributed by atoms with Gasteiger partial charge < -0.3 is 5.32 Å². The first-order chi connectivity index (χ1) is 11.6. The summed E-state index contributed by atoms with van der Waals surface area (Å²) in [6, 6.07) is 19.5. The summed E-state index contributed by atoms with van der Waals surface area (Å²) in [6.07, 6.45) is 0. The first kappa shape index (κ1) is 15.9. The van der Waals surface area contributed by atoms with Gasteiger partial charge in [-0.05, 0) is 25.5 Å². The molecule has 4 heteroatoms. The van der Waals surface area contributed by atoms with Crippen LogP contribution in [0, 0.1) is 6.92 Å². The Morgan fingerprint density at radius 3 is 2.54 bits per heavy atom. The number of Topliss-reactive ketones (excluding diaryl/α,β-unsaturated/α-hetero) is 1. The van der Waals surface area contributed by atoms with E-state index in [1.807, 2.05) is 49.4 Å². The van der Waals surface area contributed by atoms with E-state index in [-0.39, 0.29) is 5.78 Å². The van der Waals surface area contributed by atoms with Crippen molar-refractivity contribution >= 4 is 11.6 Å². The van der Waals surface area contributed by atoms with E-state index < -0.39 is 0 Å². The Balaban J connectivity index is 1.86. The Morgan fingerprint density at radius 1 is 1.00 bits per heavy atom. The van der Waals surface area contributed by atoms with Crippen molar-refractivity contribution in [3.63, 3.8) is 0 Å². The summed E-state index contributed by atoms with van der Waals surface area (Å²) < 4.78 is 0. The smallest absolute Gasteiger partial charge is 0.161 e. The van der Waals surface area contributed by atoms with E-state index in [0.717, 1.165) is 17.1 Å². The zero-order valence-corrected chi connectivity index (χ0v) is 13.8. The lowest BCUT2D eigenvalue weighted by molar-refractivity contribution is 0.101. The van der Waals surface area contributed by atoms with Gasteiger partial charge in [-0.2, -0.15) is 0 Å². The van der Waals surface area contributed by atoms with Crippen LogP contribution in [0.3, 0.4) is 0 Å². The molecular weight excluding hydrogens is 298 g/mol. The zero-order valence-electron chi connectivity index (χ0n) is 13.8. The van der Waals surface area contributed by atoms with Crippen molar-refractivity contribution in [1.29, 1.82) is 0 Å². The van der Waals surface area contributed by atoms with E-state index >= 15 is 0 Å². The Morgan fingerprint density at radius 2 is 1.79 bits per heavy atom. The van der Waals surface area contributed by atoms with Gasteiger partial charge in [-0.1, -0.05) is 48.5 Å². The highest BCUT2D eigenvalue weighted by molar-refractivity contribution is 5.95. The first-order valence-electron chi connectivity index (χ1n) is 7.87. The van der Waals surface area contributed by atoms with E-state index in [1.54, 1.807) is 13.0 Å². The molecule has 3 aromatic rings. The molecule has 1 heterocycles. The zero-order chi connectivity index (χ0) is 16.9. The normalized spacial score (nSPS) is 10.4. The molecule has 3 rings (SSSR count). The fraction of sp³-hybridized carbons (Fsp3) is 0.150. The van der Waals surface area contributed by atoms with Gasteiger partial charge in [0.25, 0.3) is 0 Å². The second kappa shape index (κ2) is 7.04. The summed E-state index contributed by atoms with van der Waals surface area (Å²) in [5.74, 6) is 1.43. The third kappa shape index (κ3) is 3.84. The quantitative estimate of drug-likeness (QED) is 0.714. The lowest BCUT2D eigenvalue weighted by Crippen LogP contribution is -2.04. The highest BCUT2D eigenvalue weighted by Crippen LogP contribution is 2.20. The maximum atomic E-state index is 11.6. The minimum absolute atomic E-state index is 0.0342. The SMILES string of the molecule is CC(=O)c1cccc(-c2nc(C)cc(NCc3ccccc3)n2)c1. The van der Waals surface area contributed by atoms with Gasteiger partial charge in [0, 0.05) is 29.4 Å². The molecule has 1 N–H and O–H groups in total. The molecule has 0 radical (unpaired) electrons. The molecule has 0 spiro atoms. The lowest BCUT2D eigenvalue weighted by atomic mass is 10.1. The molecule has 0 aliphatic heterocycles. The van der Waals surface area contributed by atoms with Gasteiger partial charge >= 0.3 is 0 Å². The van der Waals surface area contributed by atoms with Crippen LogP contribution in [0.4, 0.5) is 5.82 Å². The van der Waals surface area contributed by atoms with Gasteiger partial charge in [0.05, 0.1) is 0 Å². The van der Waals surface area contributed by atoms with E-state index in [1.165, 1.54) is 5.56 Å². The molecule has 4 nitrogen and oxygen atoms in total. The number of hydrogen-bond acceptors (Lipinski definition) is 4. The van der Waals surface area contributed by atoms with Gasteiger partial charge in [-0.15, -0.1) is 0 Å². The monoisotopic (exact) mass is 317 g/mol. The van der Waals surface area contributed by atoms with Crippen molar-refractivity contribution in [2.45, 2.75) is 20.4 Å². The standard InChI is InChI=1S/C20H19N3O/c1-14-11-19(21-13-16-7-4-3-5-8-16)23-20(22-14)18-10-6-9-17(12-18)15(2)24/h3-12H,13H2,1-2H3,(H,21,22,23). The van der Waals surface area contributed by atoms with Gasteiger partial charge in [0.15, 0.2) is 11.6 Å². The van der Waals surface area contributed by atoms with Crippen LogP contribution in [0.15, 0.2) is 60.7 Å². The Labute approximate surface area is 141 Å². The van der Waals surface area contributed by atoms with Crippen LogP contribution in [-0.4, -0.2) is 15.8 Å². The van der Waals surface area contributed by atoms with Crippen LogP contribution in [0.25, 0.3) is 11.4 Å². The number of aryl methyl sites for hydroxylation is 1. The Hall–Kier alpha value is -3.01. The predicted octanol–water partition coefficient (Wildman–Crippen LogP) is 4.27. The number of aromatic nitrogens is 2.